The molecule has 1 aromatic rings. The molecular formula is C18H25F2N3O2. The Labute approximate surface area is 146 Å². The highest BCUT2D eigenvalue weighted by Crippen LogP contribution is 2.50. The van der Waals surface area contributed by atoms with Crippen LogP contribution in [0.25, 0.3) is 0 Å². The predicted octanol–water partition coefficient (Wildman–Crippen LogP) is 4.78. The molecule has 0 bridgehead atoms. The smallest absolute Gasteiger partial charge is 0.413 e. The lowest BCUT2D eigenvalue weighted by Crippen LogP contribution is -2.34. The van der Waals surface area contributed by atoms with Gasteiger partial charge in [-0.2, -0.15) is 5.10 Å². The van der Waals surface area contributed by atoms with E-state index in [1.165, 1.54) is 0 Å². The van der Waals surface area contributed by atoms with Crippen LogP contribution in [0.1, 0.15) is 75.1 Å². The van der Waals surface area contributed by atoms with Crippen LogP contribution in [-0.4, -0.2) is 27.9 Å². The Kier molecular flexibility index (Phi) is 4.00. The summed E-state index contributed by atoms with van der Waals surface area (Å²) < 4.78 is 33.8. The molecule has 138 valence electrons. The van der Waals surface area contributed by atoms with Crippen molar-refractivity contribution in [1.82, 2.24) is 9.78 Å². The summed E-state index contributed by atoms with van der Waals surface area (Å²) in [5.74, 6) is -1.72. The number of anilines is 1. The predicted molar refractivity (Wildman–Crippen MR) is 89.1 cm³/mol. The second-order valence-corrected chi connectivity index (χ2v) is 7.92. The van der Waals surface area contributed by atoms with Gasteiger partial charge in [0.1, 0.15) is 11.9 Å². The zero-order chi connectivity index (χ0) is 17.8. The lowest BCUT2D eigenvalue weighted by molar-refractivity contribution is -0.0878. The van der Waals surface area contributed by atoms with Crippen LogP contribution < -0.4 is 5.32 Å². The van der Waals surface area contributed by atoms with Gasteiger partial charge >= 0.3 is 6.09 Å². The van der Waals surface area contributed by atoms with Crippen molar-refractivity contribution in [3.8, 4) is 0 Å². The topological polar surface area (TPSA) is 56.2 Å². The molecule has 1 N–H and O–H groups in total. The van der Waals surface area contributed by atoms with Crippen molar-refractivity contribution in [2.24, 2.45) is 5.92 Å². The third-order valence-electron chi connectivity index (χ3n) is 5.88. The second-order valence-electron chi connectivity index (χ2n) is 7.92. The maximum absolute atomic E-state index is 13.3. The number of rotatable bonds is 5. The maximum atomic E-state index is 13.3. The average Bonchev–Trinajstić information content (AvgIpc) is 3.24. The van der Waals surface area contributed by atoms with Gasteiger partial charge < -0.3 is 4.74 Å². The molecule has 1 heterocycles. The number of aromatic nitrogens is 2. The van der Waals surface area contributed by atoms with E-state index in [0.29, 0.717) is 17.4 Å². The molecule has 1 aromatic heterocycles. The first kappa shape index (κ1) is 16.8. The van der Waals surface area contributed by atoms with E-state index in [-0.39, 0.29) is 30.9 Å². The Balaban J connectivity index is 1.52. The number of hydrogen-bond acceptors (Lipinski definition) is 3. The summed E-state index contributed by atoms with van der Waals surface area (Å²) in [7, 11) is 0. The number of alkyl halides is 2. The highest BCUT2D eigenvalue weighted by molar-refractivity contribution is 5.84. The Morgan fingerprint density at radius 2 is 2.00 bits per heavy atom. The molecule has 3 aliphatic carbocycles. The van der Waals surface area contributed by atoms with Crippen LogP contribution in [0.15, 0.2) is 0 Å². The molecule has 1 atom stereocenters. The Morgan fingerprint density at radius 3 is 2.52 bits per heavy atom. The van der Waals surface area contributed by atoms with Gasteiger partial charge in [-0.25, -0.2) is 18.3 Å². The van der Waals surface area contributed by atoms with E-state index < -0.39 is 12.0 Å². The molecule has 3 aliphatic rings. The number of carbonyl (C=O) groups is 1. The standard InChI is InChI=1S/C18H25F2N3O2/c1-10-15(13-8-18(19,20)9-13)22-23(14-4-3-5-14)16(10)21-17(24)25-11(2)12-6-7-12/h11-14H,3-9H2,1-2H3,(H,21,24)/t11-/m1/s1. The Hall–Kier alpha value is -1.66. The molecule has 0 spiro atoms. The highest BCUT2D eigenvalue weighted by atomic mass is 19.3. The molecule has 0 unspecified atom stereocenters. The van der Waals surface area contributed by atoms with Gasteiger partial charge in [-0.15, -0.1) is 0 Å². The number of halogens is 2. The van der Waals surface area contributed by atoms with E-state index in [9.17, 15) is 13.6 Å². The van der Waals surface area contributed by atoms with Crippen molar-refractivity contribution in [2.75, 3.05) is 5.32 Å². The summed E-state index contributed by atoms with van der Waals surface area (Å²) in [4.78, 5) is 12.3. The number of carbonyl (C=O) groups excluding carboxylic acids is 1. The third kappa shape index (κ3) is 3.25. The van der Waals surface area contributed by atoms with Crippen molar-refractivity contribution in [3.63, 3.8) is 0 Å². The number of ether oxygens (including phenoxy) is 1. The van der Waals surface area contributed by atoms with Crippen molar-refractivity contribution >= 4 is 11.9 Å². The van der Waals surface area contributed by atoms with Gasteiger partial charge in [0.2, 0.25) is 5.92 Å². The summed E-state index contributed by atoms with van der Waals surface area (Å²) in [6, 6.07) is 0.240. The molecule has 0 aromatic carbocycles. The van der Waals surface area contributed by atoms with E-state index in [4.69, 9.17) is 4.74 Å². The fraction of sp³-hybridized carbons (Fsp3) is 0.778. The normalized spacial score (nSPS) is 24.3. The van der Waals surface area contributed by atoms with Crippen LogP contribution in [0, 0.1) is 12.8 Å². The average molecular weight is 353 g/mol. The lowest BCUT2D eigenvalue weighted by Gasteiger charge is -2.34. The van der Waals surface area contributed by atoms with E-state index in [0.717, 1.165) is 37.7 Å². The lowest BCUT2D eigenvalue weighted by atomic mass is 9.78. The van der Waals surface area contributed by atoms with E-state index in [2.05, 4.69) is 10.4 Å². The first-order valence-corrected chi connectivity index (χ1v) is 9.28. The van der Waals surface area contributed by atoms with Crippen LogP contribution in [-0.2, 0) is 4.74 Å². The minimum atomic E-state index is -2.58. The van der Waals surface area contributed by atoms with Crippen LogP contribution >= 0.6 is 0 Å². The van der Waals surface area contributed by atoms with Gasteiger partial charge in [-0.05, 0) is 51.9 Å². The molecule has 0 aliphatic heterocycles. The van der Waals surface area contributed by atoms with Gasteiger partial charge in [0.25, 0.3) is 0 Å². The van der Waals surface area contributed by atoms with Crippen LogP contribution in [0.4, 0.5) is 19.4 Å². The molecule has 0 radical (unpaired) electrons. The summed E-state index contributed by atoms with van der Waals surface area (Å²) in [5, 5.41) is 7.45. The SMILES string of the molecule is Cc1c(C2CC(F)(F)C2)nn(C2CCC2)c1NC(=O)O[C@H](C)C1CC1. The summed E-state index contributed by atoms with van der Waals surface area (Å²) >= 11 is 0. The summed E-state index contributed by atoms with van der Waals surface area (Å²) in [6.45, 7) is 3.77. The molecule has 5 nitrogen and oxygen atoms in total. The minimum Gasteiger partial charge on any atom is -0.446 e. The maximum Gasteiger partial charge on any atom is 0.413 e. The highest BCUT2D eigenvalue weighted by Gasteiger charge is 2.48. The van der Waals surface area contributed by atoms with Gasteiger partial charge in [-0.3, -0.25) is 5.32 Å². The fourth-order valence-corrected chi connectivity index (χ4v) is 3.78. The monoisotopic (exact) mass is 353 g/mol. The first-order valence-electron chi connectivity index (χ1n) is 9.28. The van der Waals surface area contributed by atoms with Gasteiger partial charge in [0.15, 0.2) is 0 Å². The Morgan fingerprint density at radius 1 is 1.32 bits per heavy atom. The van der Waals surface area contributed by atoms with Crippen molar-refractivity contribution in [2.45, 2.75) is 82.8 Å². The summed E-state index contributed by atoms with van der Waals surface area (Å²) in [6.07, 6.45) is 4.46. The molecule has 7 heteroatoms. The van der Waals surface area contributed by atoms with Crippen molar-refractivity contribution < 1.29 is 18.3 Å². The van der Waals surface area contributed by atoms with E-state index in [1.54, 1.807) is 0 Å². The number of nitrogens with one attached hydrogen (secondary N) is 1. The summed E-state index contributed by atoms with van der Waals surface area (Å²) in [5.41, 5.74) is 1.49. The van der Waals surface area contributed by atoms with Gasteiger partial charge in [0.05, 0.1) is 11.7 Å². The largest absolute Gasteiger partial charge is 0.446 e. The fourth-order valence-electron chi connectivity index (χ4n) is 3.78. The van der Waals surface area contributed by atoms with Crippen LogP contribution in [0.3, 0.4) is 0 Å². The Bertz CT molecular complexity index is 672. The second kappa shape index (κ2) is 5.95. The quantitative estimate of drug-likeness (QED) is 0.829. The molecular weight excluding hydrogens is 328 g/mol. The number of hydrogen-bond donors (Lipinski definition) is 1. The molecule has 3 fully saturated rings. The van der Waals surface area contributed by atoms with Gasteiger partial charge in [-0.1, -0.05) is 0 Å². The van der Waals surface area contributed by atoms with Crippen LogP contribution in [0.2, 0.25) is 0 Å². The first-order chi connectivity index (χ1) is 11.8. The molecule has 4 rings (SSSR count). The number of amides is 1. The van der Waals surface area contributed by atoms with Crippen molar-refractivity contribution in [1.29, 1.82) is 0 Å². The molecule has 3 saturated carbocycles. The third-order valence-corrected chi connectivity index (χ3v) is 5.88. The number of nitrogens with zero attached hydrogens (tertiary/aromatic N) is 2. The van der Waals surface area contributed by atoms with E-state index in [1.807, 2.05) is 18.5 Å². The molecule has 1 amide bonds. The minimum absolute atomic E-state index is 0.0924. The molecule has 0 saturated heterocycles. The van der Waals surface area contributed by atoms with Crippen LogP contribution in [0.5, 0.6) is 0 Å². The van der Waals surface area contributed by atoms with E-state index >= 15 is 0 Å². The zero-order valence-electron chi connectivity index (χ0n) is 14.7. The molecule has 25 heavy (non-hydrogen) atoms. The zero-order valence-corrected chi connectivity index (χ0v) is 14.7. The van der Waals surface area contributed by atoms with Gasteiger partial charge in [0, 0.05) is 24.3 Å². The van der Waals surface area contributed by atoms with Crippen molar-refractivity contribution in [3.05, 3.63) is 11.3 Å².